The summed E-state index contributed by atoms with van der Waals surface area (Å²) < 4.78 is 11.6. The van der Waals surface area contributed by atoms with Crippen molar-refractivity contribution in [2.45, 2.75) is 6.92 Å². The largest absolute Gasteiger partial charge is 0.491 e. The maximum Gasteiger partial charge on any atom is 0.262 e. The molecule has 0 bridgehead atoms. The third kappa shape index (κ3) is 4.46. The lowest BCUT2D eigenvalue weighted by Crippen LogP contribution is -2.28. The van der Waals surface area contributed by atoms with Crippen molar-refractivity contribution in [2.75, 3.05) is 24.6 Å². The summed E-state index contributed by atoms with van der Waals surface area (Å²) >= 11 is 0. The molecule has 146 valence electrons. The van der Waals surface area contributed by atoms with E-state index in [0.717, 1.165) is 30.0 Å². The second-order valence-corrected chi connectivity index (χ2v) is 6.55. The van der Waals surface area contributed by atoms with E-state index >= 15 is 0 Å². The summed E-state index contributed by atoms with van der Waals surface area (Å²) in [7, 11) is 0. The monoisotopic (exact) mass is 385 g/mol. The molecular weight excluding hydrogens is 362 g/mol. The van der Waals surface area contributed by atoms with E-state index in [2.05, 4.69) is 34.1 Å². The van der Waals surface area contributed by atoms with Crippen molar-refractivity contribution in [3.63, 3.8) is 0 Å². The Hall–Kier alpha value is -3.60. The first-order valence-corrected chi connectivity index (χ1v) is 9.76. The van der Waals surface area contributed by atoms with Crippen LogP contribution in [-0.2, 0) is 0 Å². The molecule has 3 aromatic carbocycles. The van der Waals surface area contributed by atoms with Crippen LogP contribution in [-0.4, -0.2) is 29.8 Å². The van der Waals surface area contributed by atoms with Crippen molar-refractivity contribution in [1.82, 2.24) is 10.1 Å². The first kappa shape index (κ1) is 18.7. The maximum absolute atomic E-state index is 6.09. The number of likely N-dealkylation sites (N-methyl/N-ethyl adjacent to an activating group) is 1. The molecule has 0 unspecified atom stereocenters. The standard InChI is InChI=1S/C24H23N3O2/c1-2-27(20-13-7-4-8-14-20)17-18-28-22-16-10-9-15-21(22)24-25-23(26-29-24)19-11-5-3-6-12-19/h3-16H,2,17-18H2,1H3. The van der Waals surface area contributed by atoms with Gasteiger partial charge >= 0.3 is 0 Å². The summed E-state index contributed by atoms with van der Waals surface area (Å²) in [6.07, 6.45) is 0. The van der Waals surface area contributed by atoms with Crippen molar-refractivity contribution < 1.29 is 9.26 Å². The molecule has 0 aliphatic carbocycles. The minimum Gasteiger partial charge on any atom is -0.491 e. The lowest BCUT2D eigenvalue weighted by Gasteiger charge is -2.23. The number of nitrogens with zero attached hydrogens (tertiary/aromatic N) is 3. The van der Waals surface area contributed by atoms with E-state index in [1.807, 2.05) is 72.8 Å². The van der Waals surface area contributed by atoms with Crippen molar-refractivity contribution in [3.05, 3.63) is 84.9 Å². The zero-order valence-corrected chi connectivity index (χ0v) is 16.4. The molecule has 4 rings (SSSR count). The summed E-state index contributed by atoms with van der Waals surface area (Å²) in [4.78, 5) is 6.83. The normalized spacial score (nSPS) is 10.7. The topological polar surface area (TPSA) is 51.4 Å². The quantitative estimate of drug-likeness (QED) is 0.411. The number of hydrogen-bond acceptors (Lipinski definition) is 5. The fourth-order valence-corrected chi connectivity index (χ4v) is 3.18. The number of ether oxygens (including phenoxy) is 1. The Labute approximate surface area is 170 Å². The molecule has 0 aliphatic rings. The molecule has 5 nitrogen and oxygen atoms in total. The Balaban J connectivity index is 1.47. The Bertz CT molecular complexity index is 1030. The zero-order chi connectivity index (χ0) is 19.9. The molecular formula is C24H23N3O2. The highest BCUT2D eigenvalue weighted by molar-refractivity contribution is 5.65. The van der Waals surface area contributed by atoms with Gasteiger partial charge in [-0.3, -0.25) is 0 Å². The minimum atomic E-state index is 0.454. The van der Waals surface area contributed by atoms with Crippen LogP contribution in [0.5, 0.6) is 5.75 Å². The van der Waals surface area contributed by atoms with Gasteiger partial charge < -0.3 is 14.2 Å². The van der Waals surface area contributed by atoms with Gasteiger partial charge in [-0.15, -0.1) is 0 Å². The number of aromatic nitrogens is 2. The van der Waals surface area contributed by atoms with E-state index in [-0.39, 0.29) is 0 Å². The highest BCUT2D eigenvalue weighted by Gasteiger charge is 2.15. The van der Waals surface area contributed by atoms with Crippen LogP contribution in [0.25, 0.3) is 22.8 Å². The molecule has 0 fully saturated rings. The number of rotatable bonds is 8. The third-order valence-corrected chi connectivity index (χ3v) is 4.70. The highest BCUT2D eigenvalue weighted by atomic mass is 16.5. The van der Waals surface area contributed by atoms with Gasteiger partial charge in [0.2, 0.25) is 5.82 Å². The van der Waals surface area contributed by atoms with Crippen LogP contribution in [0, 0.1) is 0 Å². The summed E-state index contributed by atoms with van der Waals surface area (Å²) in [6.45, 7) is 4.40. The molecule has 0 saturated carbocycles. The fraction of sp³-hybridized carbons (Fsp3) is 0.167. The van der Waals surface area contributed by atoms with Gasteiger partial charge in [0.1, 0.15) is 12.4 Å². The molecule has 0 atom stereocenters. The van der Waals surface area contributed by atoms with Gasteiger partial charge in [-0.05, 0) is 31.2 Å². The van der Waals surface area contributed by atoms with Crippen molar-refractivity contribution in [3.8, 4) is 28.6 Å². The molecule has 4 aromatic rings. The van der Waals surface area contributed by atoms with Gasteiger partial charge in [-0.2, -0.15) is 4.98 Å². The van der Waals surface area contributed by atoms with Gasteiger partial charge in [0, 0.05) is 17.8 Å². The second kappa shape index (κ2) is 9.06. The van der Waals surface area contributed by atoms with Gasteiger partial charge in [-0.1, -0.05) is 65.8 Å². The van der Waals surface area contributed by atoms with Crippen molar-refractivity contribution in [1.29, 1.82) is 0 Å². The molecule has 1 aromatic heterocycles. The van der Waals surface area contributed by atoms with E-state index in [1.165, 1.54) is 5.69 Å². The Morgan fingerprint density at radius 3 is 2.31 bits per heavy atom. The summed E-state index contributed by atoms with van der Waals surface area (Å²) in [6, 6.07) is 27.9. The van der Waals surface area contributed by atoms with E-state index in [4.69, 9.17) is 9.26 Å². The van der Waals surface area contributed by atoms with Gasteiger partial charge in [0.15, 0.2) is 0 Å². The van der Waals surface area contributed by atoms with Crippen LogP contribution < -0.4 is 9.64 Å². The highest BCUT2D eigenvalue weighted by Crippen LogP contribution is 2.30. The van der Waals surface area contributed by atoms with Gasteiger partial charge in [0.25, 0.3) is 5.89 Å². The van der Waals surface area contributed by atoms with Crippen LogP contribution in [0.1, 0.15) is 6.92 Å². The zero-order valence-electron chi connectivity index (χ0n) is 16.4. The predicted octanol–water partition coefficient (Wildman–Crippen LogP) is 5.31. The molecule has 29 heavy (non-hydrogen) atoms. The van der Waals surface area contributed by atoms with E-state index in [9.17, 15) is 0 Å². The Morgan fingerprint density at radius 1 is 0.862 bits per heavy atom. The van der Waals surface area contributed by atoms with Gasteiger partial charge in [-0.25, -0.2) is 0 Å². The first-order valence-electron chi connectivity index (χ1n) is 9.76. The summed E-state index contributed by atoms with van der Waals surface area (Å²) in [5.74, 6) is 1.76. The third-order valence-electron chi connectivity index (χ3n) is 4.70. The molecule has 0 radical (unpaired) electrons. The van der Waals surface area contributed by atoms with Crippen LogP contribution in [0.4, 0.5) is 5.69 Å². The molecule has 0 amide bonds. The molecule has 0 saturated heterocycles. The number of benzene rings is 3. The molecule has 0 aliphatic heterocycles. The van der Waals surface area contributed by atoms with Crippen LogP contribution in [0.2, 0.25) is 0 Å². The van der Waals surface area contributed by atoms with E-state index < -0.39 is 0 Å². The minimum absolute atomic E-state index is 0.454. The van der Waals surface area contributed by atoms with Crippen LogP contribution in [0.3, 0.4) is 0 Å². The average molecular weight is 385 g/mol. The lowest BCUT2D eigenvalue weighted by molar-refractivity contribution is 0.323. The molecule has 5 heteroatoms. The van der Waals surface area contributed by atoms with Gasteiger partial charge in [0.05, 0.1) is 12.1 Å². The van der Waals surface area contributed by atoms with Crippen LogP contribution >= 0.6 is 0 Å². The Kier molecular flexibility index (Phi) is 5.86. The smallest absolute Gasteiger partial charge is 0.262 e. The Morgan fingerprint density at radius 2 is 1.55 bits per heavy atom. The number of hydrogen-bond donors (Lipinski definition) is 0. The first-order chi connectivity index (χ1) is 14.3. The summed E-state index contributed by atoms with van der Waals surface area (Å²) in [5, 5.41) is 4.12. The maximum atomic E-state index is 6.09. The SMILES string of the molecule is CCN(CCOc1ccccc1-c1nc(-c2ccccc2)no1)c1ccccc1. The second-order valence-electron chi connectivity index (χ2n) is 6.55. The molecule has 0 spiro atoms. The lowest BCUT2D eigenvalue weighted by atomic mass is 10.2. The summed E-state index contributed by atoms with van der Waals surface area (Å²) in [5.41, 5.74) is 2.91. The van der Waals surface area contributed by atoms with Crippen molar-refractivity contribution >= 4 is 5.69 Å². The average Bonchev–Trinajstić information content (AvgIpc) is 3.28. The predicted molar refractivity (Wildman–Crippen MR) is 115 cm³/mol. The number of para-hydroxylation sites is 2. The molecule has 1 heterocycles. The van der Waals surface area contributed by atoms with E-state index in [1.54, 1.807) is 0 Å². The number of anilines is 1. The fourth-order valence-electron chi connectivity index (χ4n) is 3.18. The van der Waals surface area contributed by atoms with Crippen LogP contribution in [0.15, 0.2) is 89.5 Å². The van der Waals surface area contributed by atoms with Crippen molar-refractivity contribution in [2.24, 2.45) is 0 Å². The molecule has 0 N–H and O–H groups in total. The van der Waals surface area contributed by atoms with E-state index in [0.29, 0.717) is 18.3 Å².